The number of aromatic nitrogens is 2. The van der Waals surface area contributed by atoms with Crippen LogP contribution in [-0.2, 0) is 0 Å². The average Bonchev–Trinajstić information content (AvgIpc) is 2.17. The highest BCUT2D eigenvalue weighted by Gasteiger charge is 2.20. The lowest BCUT2D eigenvalue weighted by Crippen LogP contribution is -2.15. The third-order valence-electron chi connectivity index (χ3n) is 2.76. The molecule has 4 heteroatoms. The molecule has 0 amide bonds. The van der Waals surface area contributed by atoms with E-state index in [9.17, 15) is 0 Å². The highest BCUT2D eigenvalue weighted by Crippen LogP contribution is 2.35. The van der Waals surface area contributed by atoms with E-state index in [2.05, 4.69) is 16.9 Å². The molecule has 0 N–H and O–H groups in total. The van der Waals surface area contributed by atoms with Crippen molar-refractivity contribution in [3.8, 4) is 0 Å². The normalized spacial score (nSPS) is 26.5. The molecule has 1 aromatic heterocycles. The van der Waals surface area contributed by atoms with Gasteiger partial charge in [-0.1, -0.05) is 31.4 Å². The summed E-state index contributed by atoms with van der Waals surface area (Å²) < 4.78 is 0. The highest BCUT2D eigenvalue weighted by atomic mass is 35.5. The topological polar surface area (TPSA) is 25.8 Å². The van der Waals surface area contributed by atoms with E-state index in [4.69, 9.17) is 11.6 Å². The Kier molecular flexibility index (Phi) is 3.87. The van der Waals surface area contributed by atoms with Gasteiger partial charge in [-0.2, -0.15) is 0 Å². The van der Waals surface area contributed by atoms with Crippen molar-refractivity contribution in [3.63, 3.8) is 0 Å². The van der Waals surface area contributed by atoms with Crippen molar-refractivity contribution < 1.29 is 0 Å². The lowest BCUT2D eigenvalue weighted by molar-refractivity contribution is 0.394. The maximum atomic E-state index is 5.80. The Hall–Kier alpha value is -0.280. The zero-order valence-corrected chi connectivity index (χ0v) is 10.4. The summed E-state index contributed by atoms with van der Waals surface area (Å²) in [6, 6.07) is 0. The third-order valence-corrected chi connectivity index (χ3v) is 4.14. The molecule has 0 aromatic carbocycles. The van der Waals surface area contributed by atoms with Crippen LogP contribution >= 0.6 is 23.4 Å². The molecule has 0 spiro atoms. The van der Waals surface area contributed by atoms with E-state index >= 15 is 0 Å². The Labute approximate surface area is 99.8 Å². The van der Waals surface area contributed by atoms with Gasteiger partial charge < -0.3 is 0 Å². The van der Waals surface area contributed by atoms with Crippen molar-refractivity contribution in [2.75, 3.05) is 0 Å². The number of halogens is 1. The van der Waals surface area contributed by atoms with Gasteiger partial charge in [-0.15, -0.1) is 11.8 Å². The van der Waals surface area contributed by atoms with Crippen LogP contribution < -0.4 is 0 Å². The zero-order valence-electron chi connectivity index (χ0n) is 8.82. The van der Waals surface area contributed by atoms with Crippen LogP contribution in [0.1, 0.15) is 32.6 Å². The van der Waals surface area contributed by atoms with Crippen LogP contribution in [0.4, 0.5) is 0 Å². The van der Waals surface area contributed by atoms with Gasteiger partial charge in [0.05, 0.1) is 12.4 Å². The van der Waals surface area contributed by atoms with Gasteiger partial charge in [0.1, 0.15) is 10.2 Å². The van der Waals surface area contributed by atoms with Gasteiger partial charge in [0.15, 0.2) is 0 Å². The van der Waals surface area contributed by atoms with E-state index < -0.39 is 0 Å². The first-order valence-corrected chi connectivity index (χ1v) is 6.64. The predicted molar refractivity (Wildman–Crippen MR) is 64.3 cm³/mol. The Bertz CT molecular complexity index is 332. The largest absolute Gasteiger partial charge is 0.259 e. The molecule has 2 unspecified atom stereocenters. The fraction of sp³-hybridized carbons (Fsp3) is 0.636. The van der Waals surface area contributed by atoms with E-state index in [0.29, 0.717) is 10.4 Å². The van der Waals surface area contributed by atoms with Gasteiger partial charge in [0, 0.05) is 5.25 Å². The summed E-state index contributed by atoms with van der Waals surface area (Å²) in [5.74, 6) is 0.850. The van der Waals surface area contributed by atoms with E-state index in [1.54, 1.807) is 12.4 Å². The van der Waals surface area contributed by atoms with Gasteiger partial charge in [0.2, 0.25) is 0 Å². The number of rotatable bonds is 2. The quantitative estimate of drug-likeness (QED) is 0.789. The van der Waals surface area contributed by atoms with Crippen LogP contribution in [0, 0.1) is 5.92 Å². The molecule has 0 aliphatic heterocycles. The molecular formula is C11H15ClN2S. The molecule has 1 heterocycles. The van der Waals surface area contributed by atoms with Gasteiger partial charge in [-0.05, 0) is 18.8 Å². The predicted octanol–water partition coefficient (Wildman–Crippen LogP) is 3.80. The van der Waals surface area contributed by atoms with Crippen molar-refractivity contribution in [2.24, 2.45) is 5.92 Å². The maximum Gasteiger partial charge on any atom is 0.148 e. The second kappa shape index (κ2) is 5.17. The first-order chi connectivity index (χ1) is 7.24. The number of hydrogen-bond donors (Lipinski definition) is 0. The molecule has 82 valence electrons. The van der Waals surface area contributed by atoms with Gasteiger partial charge in [0.25, 0.3) is 0 Å². The minimum atomic E-state index is 0.490. The van der Waals surface area contributed by atoms with Crippen molar-refractivity contribution in [1.29, 1.82) is 0 Å². The Balaban J connectivity index is 1.96. The molecule has 0 radical (unpaired) electrons. The Morgan fingerprint density at radius 2 is 2.27 bits per heavy atom. The van der Waals surface area contributed by atoms with Crippen LogP contribution in [0.5, 0.6) is 0 Å². The van der Waals surface area contributed by atoms with E-state index in [1.165, 1.54) is 25.7 Å². The van der Waals surface area contributed by atoms with Gasteiger partial charge in [-0.25, -0.2) is 4.98 Å². The first-order valence-electron chi connectivity index (χ1n) is 5.38. The second-order valence-electron chi connectivity index (χ2n) is 4.19. The standard InChI is InChI=1S/C11H15ClN2S/c1-8-3-2-4-9(5-8)15-11-7-13-6-10(12)14-11/h6-9H,2-5H2,1H3. The molecule has 1 fully saturated rings. The molecule has 2 atom stereocenters. The molecule has 0 saturated heterocycles. The molecule has 1 saturated carbocycles. The van der Waals surface area contributed by atoms with E-state index in [0.717, 1.165) is 10.9 Å². The van der Waals surface area contributed by atoms with Crippen molar-refractivity contribution in [1.82, 2.24) is 9.97 Å². The van der Waals surface area contributed by atoms with Crippen LogP contribution in [0.15, 0.2) is 17.4 Å². The zero-order chi connectivity index (χ0) is 10.7. The maximum absolute atomic E-state index is 5.80. The molecular weight excluding hydrogens is 228 g/mol. The summed E-state index contributed by atoms with van der Waals surface area (Å²) in [5, 5.41) is 2.15. The summed E-state index contributed by atoms with van der Waals surface area (Å²) in [7, 11) is 0. The van der Waals surface area contributed by atoms with Crippen molar-refractivity contribution in [3.05, 3.63) is 17.5 Å². The van der Waals surface area contributed by atoms with E-state index in [1.807, 2.05) is 11.8 Å². The first kappa shape index (κ1) is 11.2. The summed E-state index contributed by atoms with van der Waals surface area (Å²) in [4.78, 5) is 8.31. The molecule has 15 heavy (non-hydrogen) atoms. The number of nitrogens with zero attached hydrogens (tertiary/aromatic N) is 2. The second-order valence-corrected chi connectivity index (χ2v) is 5.90. The van der Waals surface area contributed by atoms with Crippen LogP contribution in [0.3, 0.4) is 0 Å². The summed E-state index contributed by atoms with van der Waals surface area (Å²) >= 11 is 7.63. The molecule has 1 aliphatic rings. The molecule has 0 bridgehead atoms. The van der Waals surface area contributed by atoms with Crippen LogP contribution in [0.2, 0.25) is 5.15 Å². The number of thioether (sulfide) groups is 1. The lowest BCUT2D eigenvalue weighted by atomic mass is 9.91. The van der Waals surface area contributed by atoms with Crippen LogP contribution in [-0.4, -0.2) is 15.2 Å². The average molecular weight is 243 g/mol. The third kappa shape index (κ3) is 3.35. The minimum Gasteiger partial charge on any atom is -0.259 e. The van der Waals surface area contributed by atoms with Crippen LogP contribution in [0.25, 0.3) is 0 Å². The number of hydrogen-bond acceptors (Lipinski definition) is 3. The smallest absolute Gasteiger partial charge is 0.148 e. The van der Waals surface area contributed by atoms with Gasteiger partial charge in [-0.3, -0.25) is 4.98 Å². The van der Waals surface area contributed by atoms with E-state index in [-0.39, 0.29) is 0 Å². The molecule has 2 nitrogen and oxygen atoms in total. The Morgan fingerprint density at radius 3 is 3.00 bits per heavy atom. The monoisotopic (exact) mass is 242 g/mol. The van der Waals surface area contributed by atoms with Gasteiger partial charge >= 0.3 is 0 Å². The SMILES string of the molecule is CC1CCCC(Sc2cncc(Cl)n2)C1. The highest BCUT2D eigenvalue weighted by molar-refractivity contribution is 7.99. The molecule has 2 rings (SSSR count). The Morgan fingerprint density at radius 1 is 1.40 bits per heavy atom. The summed E-state index contributed by atoms with van der Waals surface area (Å²) in [6.07, 6.45) is 8.68. The van der Waals surface area contributed by atoms with Crippen molar-refractivity contribution >= 4 is 23.4 Å². The van der Waals surface area contributed by atoms with Crippen molar-refractivity contribution in [2.45, 2.75) is 42.9 Å². The lowest BCUT2D eigenvalue weighted by Gasteiger charge is -2.25. The fourth-order valence-corrected chi connectivity index (χ4v) is 3.56. The minimum absolute atomic E-state index is 0.490. The molecule has 1 aliphatic carbocycles. The molecule has 1 aromatic rings. The fourth-order valence-electron chi connectivity index (χ4n) is 2.04. The summed E-state index contributed by atoms with van der Waals surface area (Å²) in [5.41, 5.74) is 0. The summed E-state index contributed by atoms with van der Waals surface area (Å²) in [6.45, 7) is 2.33.